The van der Waals surface area contributed by atoms with E-state index in [2.05, 4.69) is 10.2 Å². The van der Waals surface area contributed by atoms with Crippen LogP contribution in [-0.4, -0.2) is 36.6 Å². The van der Waals surface area contributed by atoms with Gasteiger partial charge in [0.25, 0.3) is 0 Å². The van der Waals surface area contributed by atoms with E-state index in [0.29, 0.717) is 12.5 Å². The Morgan fingerprint density at radius 2 is 1.90 bits per heavy atom. The maximum absolute atomic E-state index is 13.7. The number of rotatable bonds is 4. The van der Waals surface area contributed by atoms with E-state index in [1.54, 1.807) is 0 Å². The number of hydrogen-bond donors (Lipinski definition) is 1. The van der Waals surface area contributed by atoms with E-state index in [1.165, 1.54) is 44.1 Å². The average Bonchev–Trinajstić information content (AvgIpc) is 2.44. The standard InChI is InChI=1S/C16H22F2N2/c1-11(9-13-14(17)3-2-4-15(13)18)19-16-10-20-7-5-12(16)6-8-20/h2-4,11-12,16,19H,5-10H2,1H3. The van der Waals surface area contributed by atoms with Crippen LogP contribution in [0.4, 0.5) is 8.78 Å². The van der Waals surface area contributed by atoms with Gasteiger partial charge in [0.15, 0.2) is 0 Å². The number of hydrogen-bond acceptors (Lipinski definition) is 2. The molecule has 4 rings (SSSR count). The van der Waals surface area contributed by atoms with E-state index in [0.717, 1.165) is 12.5 Å². The molecule has 0 radical (unpaired) electrons. The van der Waals surface area contributed by atoms with Gasteiger partial charge in [-0.3, -0.25) is 0 Å². The lowest BCUT2D eigenvalue weighted by molar-refractivity contribution is 0.0679. The van der Waals surface area contributed by atoms with Crippen molar-refractivity contribution < 1.29 is 8.78 Å². The second-order valence-electron chi connectivity index (χ2n) is 6.22. The molecule has 1 aromatic carbocycles. The van der Waals surface area contributed by atoms with Crippen LogP contribution in [0.3, 0.4) is 0 Å². The normalized spacial score (nSPS) is 30.4. The van der Waals surface area contributed by atoms with Gasteiger partial charge in [0.2, 0.25) is 0 Å². The molecule has 1 aromatic rings. The van der Waals surface area contributed by atoms with Crippen molar-refractivity contribution in [2.45, 2.75) is 38.3 Å². The number of nitrogens with zero attached hydrogens (tertiary/aromatic N) is 1. The molecule has 2 bridgehead atoms. The topological polar surface area (TPSA) is 15.3 Å². The molecule has 0 amide bonds. The molecule has 1 N–H and O–H groups in total. The second kappa shape index (κ2) is 5.78. The van der Waals surface area contributed by atoms with Crippen molar-refractivity contribution in [3.05, 3.63) is 35.4 Å². The van der Waals surface area contributed by atoms with Crippen molar-refractivity contribution in [1.29, 1.82) is 0 Å². The van der Waals surface area contributed by atoms with Crippen LogP contribution in [0.1, 0.15) is 25.3 Å². The highest BCUT2D eigenvalue weighted by Crippen LogP contribution is 2.28. The molecule has 0 spiro atoms. The summed E-state index contributed by atoms with van der Waals surface area (Å²) in [5.41, 5.74) is 0.203. The van der Waals surface area contributed by atoms with Crippen LogP contribution < -0.4 is 5.32 Å². The van der Waals surface area contributed by atoms with Crippen LogP contribution in [-0.2, 0) is 6.42 Å². The van der Waals surface area contributed by atoms with Gasteiger partial charge in [-0.05, 0) is 57.3 Å². The van der Waals surface area contributed by atoms with Gasteiger partial charge in [-0.25, -0.2) is 8.78 Å². The number of benzene rings is 1. The van der Waals surface area contributed by atoms with E-state index < -0.39 is 11.6 Å². The van der Waals surface area contributed by atoms with Gasteiger partial charge in [0.1, 0.15) is 11.6 Å². The highest BCUT2D eigenvalue weighted by Gasteiger charge is 2.34. The lowest BCUT2D eigenvalue weighted by Crippen LogP contribution is -2.57. The number of fused-ring (bicyclic) bond motifs is 3. The third-order valence-corrected chi connectivity index (χ3v) is 4.73. The summed E-state index contributed by atoms with van der Waals surface area (Å²) in [5, 5.41) is 3.58. The monoisotopic (exact) mass is 280 g/mol. The molecule has 3 heterocycles. The largest absolute Gasteiger partial charge is 0.310 e. The zero-order valence-corrected chi connectivity index (χ0v) is 11.9. The summed E-state index contributed by atoms with van der Waals surface area (Å²) in [6.45, 7) is 5.51. The van der Waals surface area contributed by atoms with E-state index in [-0.39, 0.29) is 11.6 Å². The van der Waals surface area contributed by atoms with E-state index in [9.17, 15) is 8.78 Å². The smallest absolute Gasteiger partial charge is 0.129 e. The SMILES string of the molecule is CC(Cc1c(F)cccc1F)NC1CN2CCC1CC2. The molecule has 2 atom stereocenters. The first kappa shape index (κ1) is 14.0. The molecule has 3 saturated heterocycles. The van der Waals surface area contributed by atoms with Gasteiger partial charge in [0, 0.05) is 24.2 Å². The Labute approximate surface area is 119 Å². The molecule has 3 aliphatic rings. The lowest BCUT2D eigenvalue weighted by atomic mass is 9.83. The fourth-order valence-electron chi connectivity index (χ4n) is 3.61. The minimum Gasteiger partial charge on any atom is -0.310 e. The summed E-state index contributed by atoms with van der Waals surface area (Å²) in [6, 6.07) is 4.65. The Bertz CT molecular complexity index is 449. The zero-order chi connectivity index (χ0) is 14.1. The number of halogens is 2. The van der Waals surface area contributed by atoms with E-state index in [1.807, 2.05) is 6.92 Å². The van der Waals surface area contributed by atoms with Crippen LogP contribution in [0.5, 0.6) is 0 Å². The van der Waals surface area contributed by atoms with E-state index in [4.69, 9.17) is 0 Å². The van der Waals surface area contributed by atoms with Crippen molar-refractivity contribution in [2.24, 2.45) is 5.92 Å². The van der Waals surface area contributed by atoms with Gasteiger partial charge in [-0.2, -0.15) is 0 Å². The van der Waals surface area contributed by atoms with E-state index >= 15 is 0 Å². The lowest BCUT2D eigenvalue weighted by Gasteiger charge is -2.46. The Hall–Kier alpha value is -1.00. The van der Waals surface area contributed by atoms with Gasteiger partial charge in [-0.1, -0.05) is 6.07 Å². The summed E-state index contributed by atoms with van der Waals surface area (Å²) in [4.78, 5) is 2.48. The van der Waals surface area contributed by atoms with Crippen LogP contribution in [0, 0.1) is 17.6 Å². The molecule has 2 unspecified atom stereocenters. The first-order valence-corrected chi connectivity index (χ1v) is 7.55. The predicted molar refractivity (Wildman–Crippen MR) is 75.6 cm³/mol. The minimum atomic E-state index is -0.437. The average molecular weight is 280 g/mol. The Morgan fingerprint density at radius 1 is 1.25 bits per heavy atom. The van der Waals surface area contributed by atoms with Gasteiger partial charge in [0.05, 0.1) is 0 Å². The van der Waals surface area contributed by atoms with Crippen molar-refractivity contribution >= 4 is 0 Å². The van der Waals surface area contributed by atoms with Crippen molar-refractivity contribution in [3.63, 3.8) is 0 Å². The molecule has 20 heavy (non-hydrogen) atoms. The van der Waals surface area contributed by atoms with Gasteiger partial charge in [-0.15, -0.1) is 0 Å². The maximum atomic E-state index is 13.7. The Balaban J connectivity index is 1.61. The van der Waals surface area contributed by atoms with Crippen molar-refractivity contribution in [3.8, 4) is 0 Å². The molecule has 110 valence electrons. The van der Waals surface area contributed by atoms with Crippen molar-refractivity contribution in [1.82, 2.24) is 10.2 Å². The first-order valence-electron chi connectivity index (χ1n) is 7.55. The molecule has 2 nitrogen and oxygen atoms in total. The summed E-state index contributed by atoms with van der Waals surface area (Å²) in [5.74, 6) is -0.145. The second-order valence-corrected chi connectivity index (χ2v) is 6.22. The third-order valence-electron chi connectivity index (χ3n) is 4.73. The fourth-order valence-corrected chi connectivity index (χ4v) is 3.61. The molecule has 3 aliphatic heterocycles. The first-order chi connectivity index (χ1) is 9.63. The molecule has 0 saturated carbocycles. The summed E-state index contributed by atoms with van der Waals surface area (Å²) in [6.07, 6.45) is 2.90. The number of nitrogens with one attached hydrogen (secondary N) is 1. The molecule has 4 heteroatoms. The Morgan fingerprint density at radius 3 is 2.45 bits per heavy atom. The van der Waals surface area contributed by atoms with Crippen LogP contribution in [0.2, 0.25) is 0 Å². The maximum Gasteiger partial charge on any atom is 0.129 e. The fraction of sp³-hybridized carbons (Fsp3) is 0.625. The van der Waals surface area contributed by atoms with Crippen molar-refractivity contribution in [2.75, 3.05) is 19.6 Å². The van der Waals surface area contributed by atoms with Crippen LogP contribution in [0.15, 0.2) is 18.2 Å². The molecule has 0 aromatic heterocycles. The molecular formula is C16H22F2N2. The highest BCUT2D eigenvalue weighted by atomic mass is 19.1. The summed E-state index contributed by atoms with van der Waals surface area (Å²) < 4.78 is 27.3. The van der Waals surface area contributed by atoms with Gasteiger partial charge >= 0.3 is 0 Å². The summed E-state index contributed by atoms with van der Waals surface area (Å²) >= 11 is 0. The highest BCUT2D eigenvalue weighted by molar-refractivity contribution is 5.20. The molecule has 0 aliphatic carbocycles. The quantitative estimate of drug-likeness (QED) is 0.912. The third kappa shape index (κ3) is 2.86. The summed E-state index contributed by atoms with van der Waals surface area (Å²) in [7, 11) is 0. The van der Waals surface area contributed by atoms with Gasteiger partial charge < -0.3 is 10.2 Å². The van der Waals surface area contributed by atoms with Crippen LogP contribution in [0.25, 0.3) is 0 Å². The van der Waals surface area contributed by atoms with Crippen LogP contribution >= 0.6 is 0 Å². The molecular weight excluding hydrogens is 258 g/mol. The zero-order valence-electron chi connectivity index (χ0n) is 11.9. The molecule has 3 fully saturated rings. The predicted octanol–water partition coefficient (Wildman–Crippen LogP) is 2.58. The number of piperidine rings is 3. The minimum absolute atomic E-state index is 0.0898. The Kier molecular flexibility index (Phi) is 4.03.